The maximum absolute atomic E-state index is 9.70. The highest BCUT2D eigenvalue weighted by Gasteiger charge is 2.23. The first-order valence-electron chi connectivity index (χ1n) is 4.33. The molecular weight excluding hydrogens is 278 g/mol. The largest absolute Gasteiger partial charge is 0.504 e. The number of phenolic OH excluding ortho intramolecular Hbond substituents is 1. The van der Waals surface area contributed by atoms with E-state index in [0.29, 0.717) is 4.47 Å². The fourth-order valence-corrected chi connectivity index (χ4v) is 1.67. The number of aliphatic hydroxyl groups is 2. The number of hydrogen-bond donors (Lipinski definition) is 3. The zero-order valence-electron chi connectivity index (χ0n) is 8.38. The van der Waals surface area contributed by atoms with E-state index in [2.05, 4.69) is 15.9 Å². The molecule has 0 aliphatic carbocycles. The van der Waals surface area contributed by atoms with Crippen molar-refractivity contribution < 1.29 is 20.1 Å². The molecule has 0 amide bonds. The average molecular weight is 288 g/mol. The lowest BCUT2D eigenvalue weighted by atomic mass is 10.0. The van der Waals surface area contributed by atoms with Crippen LogP contribution in [0, 0.1) is 11.3 Å². The minimum atomic E-state index is -1.61. The van der Waals surface area contributed by atoms with Gasteiger partial charge in [-0.15, -0.1) is 0 Å². The predicted octanol–water partition coefficient (Wildman–Crippen LogP) is 1.08. The van der Waals surface area contributed by atoms with E-state index in [4.69, 9.17) is 10.00 Å². The number of phenols is 1. The molecule has 0 saturated carbocycles. The summed E-state index contributed by atoms with van der Waals surface area (Å²) in [6.07, 6.45) is -3.10. The number of nitriles is 1. The van der Waals surface area contributed by atoms with Gasteiger partial charge < -0.3 is 20.1 Å². The molecule has 0 aliphatic rings. The van der Waals surface area contributed by atoms with E-state index in [9.17, 15) is 15.3 Å². The van der Waals surface area contributed by atoms with Crippen LogP contribution >= 0.6 is 15.9 Å². The van der Waals surface area contributed by atoms with Gasteiger partial charge in [0.25, 0.3) is 0 Å². The Morgan fingerprint density at radius 3 is 2.56 bits per heavy atom. The molecule has 16 heavy (non-hydrogen) atoms. The maximum atomic E-state index is 9.70. The SMILES string of the molecule is COc1cc(Br)cc(C(O)C(O)C#N)c1O. The normalized spacial score (nSPS) is 13.9. The van der Waals surface area contributed by atoms with Crippen molar-refractivity contribution in [2.24, 2.45) is 0 Å². The van der Waals surface area contributed by atoms with Gasteiger partial charge in [-0.2, -0.15) is 5.26 Å². The Labute approximate surface area is 101 Å². The highest BCUT2D eigenvalue weighted by atomic mass is 79.9. The van der Waals surface area contributed by atoms with Crippen LogP contribution in [0.3, 0.4) is 0 Å². The van der Waals surface area contributed by atoms with Gasteiger partial charge in [-0.1, -0.05) is 15.9 Å². The minimum absolute atomic E-state index is 0.0280. The predicted molar refractivity (Wildman–Crippen MR) is 58.9 cm³/mol. The van der Waals surface area contributed by atoms with Crippen LogP contribution in [0.1, 0.15) is 11.7 Å². The number of benzene rings is 1. The molecule has 5 nitrogen and oxygen atoms in total. The molecule has 0 heterocycles. The van der Waals surface area contributed by atoms with E-state index in [1.807, 2.05) is 0 Å². The van der Waals surface area contributed by atoms with Crippen molar-refractivity contribution in [3.63, 3.8) is 0 Å². The summed E-state index contributed by atoms with van der Waals surface area (Å²) < 4.78 is 5.43. The topological polar surface area (TPSA) is 93.7 Å². The first kappa shape index (κ1) is 12.8. The van der Waals surface area contributed by atoms with E-state index in [1.165, 1.54) is 25.3 Å². The molecule has 0 radical (unpaired) electrons. The summed E-state index contributed by atoms with van der Waals surface area (Å²) >= 11 is 3.16. The van der Waals surface area contributed by atoms with Gasteiger partial charge in [0, 0.05) is 10.0 Å². The Morgan fingerprint density at radius 1 is 1.44 bits per heavy atom. The first-order valence-corrected chi connectivity index (χ1v) is 5.12. The summed E-state index contributed by atoms with van der Waals surface area (Å²) in [7, 11) is 1.36. The fourth-order valence-electron chi connectivity index (χ4n) is 1.22. The smallest absolute Gasteiger partial charge is 0.170 e. The summed E-state index contributed by atoms with van der Waals surface area (Å²) in [5.41, 5.74) is 0.0280. The number of hydrogen-bond acceptors (Lipinski definition) is 5. The monoisotopic (exact) mass is 287 g/mol. The van der Waals surface area contributed by atoms with Crippen molar-refractivity contribution in [3.05, 3.63) is 22.2 Å². The van der Waals surface area contributed by atoms with Crippen molar-refractivity contribution in [2.45, 2.75) is 12.2 Å². The first-order chi connectivity index (χ1) is 7.51. The molecule has 86 valence electrons. The fraction of sp³-hybridized carbons (Fsp3) is 0.300. The summed E-state index contributed by atoms with van der Waals surface area (Å²) in [5, 5.41) is 37.0. The lowest BCUT2D eigenvalue weighted by Crippen LogP contribution is -2.16. The zero-order chi connectivity index (χ0) is 12.3. The molecule has 1 rings (SSSR count). The van der Waals surface area contributed by atoms with Gasteiger partial charge in [0.1, 0.15) is 6.10 Å². The van der Waals surface area contributed by atoms with E-state index in [0.717, 1.165) is 0 Å². The molecule has 1 aromatic rings. The standard InChI is InChI=1S/C10H10BrNO4/c1-16-8-3-5(11)2-6(10(8)15)9(14)7(13)4-12/h2-3,7,9,13-15H,1H3. The Hall–Kier alpha value is -1.29. The Balaban J connectivity index is 3.23. The van der Waals surface area contributed by atoms with Gasteiger partial charge in [-0.3, -0.25) is 0 Å². The van der Waals surface area contributed by atoms with Crippen LogP contribution in [0.25, 0.3) is 0 Å². The molecule has 0 saturated heterocycles. The van der Waals surface area contributed by atoms with E-state index < -0.39 is 12.2 Å². The second-order valence-electron chi connectivity index (χ2n) is 3.06. The van der Waals surface area contributed by atoms with Gasteiger partial charge >= 0.3 is 0 Å². The van der Waals surface area contributed by atoms with Crippen LogP contribution in [0.5, 0.6) is 11.5 Å². The highest BCUT2D eigenvalue weighted by Crippen LogP contribution is 2.37. The van der Waals surface area contributed by atoms with Crippen LogP contribution < -0.4 is 4.74 Å². The number of nitrogens with zero attached hydrogens (tertiary/aromatic N) is 1. The summed E-state index contributed by atoms with van der Waals surface area (Å²) in [4.78, 5) is 0. The third kappa shape index (κ3) is 2.44. The second-order valence-corrected chi connectivity index (χ2v) is 3.98. The highest BCUT2D eigenvalue weighted by molar-refractivity contribution is 9.10. The summed E-state index contributed by atoms with van der Waals surface area (Å²) in [6, 6.07) is 4.40. The van der Waals surface area contributed by atoms with Crippen molar-refractivity contribution in [2.75, 3.05) is 7.11 Å². The van der Waals surface area contributed by atoms with Gasteiger partial charge in [0.05, 0.1) is 13.2 Å². The van der Waals surface area contributed by atoms with Gasteiger partial charge in [0.2, 0.25) is 0 Å². The zero-order valence-corrected chi connectivity index (χ0v) is 9.97. The van der Waals surface area contributed by atoms with Crippen LogP contribution in [-0.4, -0.2) is 28.5 Å². The van der Waals surface area contributed by atoms with Crippen LogP contribution in [0.2, 0.25) is 0 Å². The van der Waals surface area contributed by atoms with Gasteiger partial charge in [0.15, 0.2) is 17.6 Å². The van der Waals surface area contributed by atoms with E-state index >= 15 is 0 Å². The minimum Gasteiger partial charge on any atom is -0.504 e. The van der Waals surface area contributed by atoms with E-state index in [1.54, 1.807) is 0 Å². The van der Waals surface area contributed by atoms with Crippen molar-refractivity contribution >= 4 is 15.9 Å². The third-order valence-corrected chi connectivity index (χ3v) is 2.50. The van der Waals surface area contributed by atoms with Crippen LogP contribution in [-0.2, 0) is 0 Å². The molecular formula is C10H10BrNO4. The third-order valence-electron chi connectivity index (χ3n) is 2.04. The number of aliphatic hydroxyl groups excluding tert-OH is 2. The maximum Gasteiger partial charge on any atom is 0.170 e. The second kappa shape index (κ2) is 5.16. The quantitative estimate of drug-likeness (QED) is 0.724. The molecule has 1 aromatic carbocycles. The Bertz CT molecular complexity index is 430. The molecule has 2 atom stereocenters. The number of ether oxygens (including phenoxy) is 1. The molecule has 0 bridgehead atoms. The average Bonchev–Trinajstić information content (AvgIpc) is 2.29. The van der Waals surface area contributed by atoms with Crippen LogP contribution in [0.4, 0.5) is 0 Å². The molecule has 3 N–H and O–H groups in total. The molecule has 0 aromatic heterocycles. The Kier molecular flexibility index (Phi) is 4.12. The number of aromatic hydroxyl groups is 1. The van der Waals surface area contributed by atoms with Gasteiger partial charge in [-0.05, 0) is 12.1 Å². The summed E-state index contributed by atoms with van der Waals surface area (Å²) in [6.45, 7) is 0. The molecule has 2 unspecified atom stereocenters. The van der Waals surface area contributed by atoms with Crippen molar-refractivity contribution in [1.29, 1.82) is 5.26 Å². The lowest BCUT2D eigenvalue weighted by molar-refractivity contribution is 0.0508. The number of methoxy groups -OCH3 is 1. The molecule has 0 fully saturated rings. The molecule has 0 spiro atoms. The van der Waals surface area contributed by atoms with Gasteiger partial charge in [-0.25, -0.2) is 0 Å². The molecule has 0 aliphatic heterocycles. The van der Waals surface area contributed by atoms with Crippen molar-refractivity contribution in [3.8, 4) is 17.6 Å². The molecule has 6 heteroatoms. The van der Waals surface area contributed by atoms with Crippen LogP contribution in [0.15, 0.2) is 16.6 Å². The number of halogens is 1. The Morgan fingerprint density at radius 2 is 2.06 bits per heavy atom. The van der Waals surface area contributed by atoms with Crippen molar-refractivity contribution in [1.82, 2.24) is 0 Å². The number of rotatable bonds is 3. The van der Waals surface area contributed by atoms with E-state index in [-0.39, 0.29) is 17.1 Å². The summed E-state index contributed by atoms with van der Waals surface area (Å²) in [5.74, 6) is -0.152. The lowest BCUT2D eigenvalue weighted by Gasteiger charge is -2.16.